The van der Waals surface area contributed by atoms with Crippen LogP contribution in [0.5, 0.6) is 5.75 Å². The largest absolute Gasteiger partial charge is 0.488 e. The summed E-state index contributed by atoms with van der Waals surface area (Å²) in [6.45, 7) is 0.363. The second-order valence-electron chi connectivity index (χ2n) is 4.61. The van der Waals surface area contributed by atoms with Gasteiger partial charge in [-0.05, 0) is 23.3 Å². The van der Waals surface area contributed by atoms with Crippen LogP contribution >= 0.6 is 15.9 Å². The number of halogens is 1. The van der Waals surface area contributed by atoms with E-state index < -0.39 is 10.9 Å². The van der Waals surface area contributed by atoms with Gasteiger partial charge in [0.25, 0.3) is 5.91 Å². The molecule has 5 heteroatoms. The normalized spacial score (nSPS) is 11.9. The monoisotopic (exact) mass is 349 g/mol. The lowest BCUT2D eigenvalue weighted by atomic mass is 10.1. The molecule has 0 saturated heterocycles. The first-order valence-electron chi connectivity index (χ1n) is 6.48. The van der Waals surface area contributed by atoms with Crippen molar-refractivity contribution in [3.8, 4) is 5.75 Å². The maximum atomic E-state index is 11.5. The van der Waals surface area contributed by atoms with Crippen LogP contribution < -0.4 is 10.5 Å². The fraction of sp³-hybridized carbons (Fsp3) is 0.188. The summed E-state index contributed by atoms with van der Waals surface area (Å²) in [6.07, 6.45) is 0.388. The van der Waals surface area contributed by atoms with Gasteiger partial charge in [-0.3, -0.25) is 4.79 Å². The van der Waals surface area contributed by atoms with Gasteiger partial charge < -0.3 is 15.6 Å². The van der Waals surface area contributed by atoms with E-state index in [0.29, 0.717) is 24.3 Å². The van der Waals surface area contributed by atoms with Crippen LogP contribution in [0.15, 0.2) is 48.5 Å². The third kappa shape index (κ3) is 4.58. The maximum absolute atomic E-state index is 11.5. The maximum Gasteiger partial charge on any atom is 0.252 e. The van der Waals surface area contributed by atoms with E-state index in [2.05, 4.69) is 15.9 Å². The lowest BCUT2D eigenvalue weighted by Gasteiger charge is -2.12. The molecule has 0 fully saturated rings. The Balaban J connectivity index is 2.16. The van der Waals surface area contributed by atoms with Crippen molar-refractivity contribution in [2.24, 2.45) is 5.73 Å². The Hall–Kier alpha value is -1.85. The zero-order chi connectivity index (χ0) is 15.2. The lowest BCUT2D eigenvalue weighted by molar-refractivity contribution is 0.0995. The number of primary amides is 1. The summed E-state index contributed by atoms with van der Waals surface area (Å²) in [4.78, 5) is 11.5. The molecule has 4 nitrogen and oxygen atoms in total. The van der Waals surface area contributed by atoms with Gasteiger partial charge >= 0.3 is 0 Å². The van der Waals surface area contributed by atoms with Crippen molar-refractivity contribution >= 4 is 21.8 Å². The fourth-order valence-corrected chi connectivity index (χ4v) is 2.33. The molecule has 1 unspecified atom stereocenters. The summed E-state index contributed by atoms with van der Waals surface area (Å²) >= 11 is 3.06. The molecule has 0 saturated carbocycles. The first-order valence-corrected chi connectivity index (χ1v) is 7.39. The second kappa shape index (κ2) is 7.24. The minimum Gasteiger partial charge on any atom is -0.488 e. The van der Waals surface area contributed by atoms with Gasteiger partial charge in [-0.2, -0.15) is 0 Å². The molecule has 21 heavy (non-hydrogen) atoms. The van der Waals surface area contributed by atoms with Crippen molar-refractivity contribution < 1.29 is 14.6 Å². The Morgan fingerprint density at radius 2 is 1.90 bits per heavy atom. The van der Waals surface area contributed by atoms with Gasteiger partial charge in [-0.25, -0.2) is 0 Å². The Morgan fingerprint density at radius 1 is 1.19 bits per heavy atom. The number of amides is 1. The molecule has 0 heterocycles. The Labute approximate surface area is 131 Å². The molecule has 1 amide bonds. The number of aliphatic hydroxyl groups excluding tert-OH is 1. The van der Waals surface area contributed by atoms with Crippen LogP contribution in [-0.4, -0.2) is 16.0 Å². The van der Waals surface area contributed by atoms with E-state index in [9.17, 15) is 9.90 Å². The first-order chi connectivity index (χ1) is 10.1. The van der Waals surface area contributed by atoms with Crippen molar-refractivity contribution in [3.05, 3.63) is 65.2 Å². The number of ether oxygens (including phenoxy) is 1. The Bertz CT molecular complexity index is 614. The van der Waals surface area contributed by atoms with Crippen LogP contribution in [0.2, 0.25) is 0 Å². The summed E-state index contributed by atoms with van der Waals surface area (Å²) in [5.41, 5.74) is 7.52. The third-order valence-corrected chi connectivity index (χ3v) is 3.27. The van der Waals surface area contributed by atoms with E-state index in [0.717, 1.165) is 11.1 Å². The molecule has 0 aliphatic carbocycles. The molecular formula is C16H16BrNO3. The molecule has 110 valence electrons. The molecule has 0 radical (unpaired) electrons. The average Bonchev–Trinajstić information content (AvgIpc) is 2.46. The van der Waals surface area contributed by atoms with Gasteiger partial charge in [0.05, 0.1) is 5.56 Å². The van der Waals surface area contributed by atoms with Gasteiger partial charge in [0.2, 0.25) is 0 Å². The SMILES string of the molecule is NC(=O)c1cc(CC(O)Br)ccc1OCc1ccccc1. The summed E-state index contributed by atoms with van der Waals surface area (Å²) in [5.74, 6) is -0.108. The molecule has 0 aliphatic rings. The highest BCUT2D eigenvalue weighted by molar-refractivity contribution is 9.09. The number of hydrogen-bond donors (Lipinski definition) is 2. The minimum atomic E-state index is -0.658. The van der Waals surface area contributed by atoms with E-state index in [1.165, 1.54) is 0 Å². The highest BCUT2D eigenvalue weighted by Crippen LogP contribution is 2.22. The van der Waals surface area contributed by atoms with E-state index in [1.807, 2.05) is 30.3 Å². The number of aliphatic hydroxyl groups is 1. The zero-order valence-electron chi connectivity index (χ0n) is 11.3. The van der Waals surface area contributed by atoms with Gasteiger partial charge in [0.1, 0.15) is 17.4 Å². The average molecular weight is 350 g/mol. The van der Waals surface area contributed by atoms with Gasteiger partial charge in [0.15, 0.2) is 0 Å². The molecule has 0 aliphatic heterocycles. The number of carbonyl (C=O) groups is 1. The number of hydrogen-bond acceptors (Lipinski definition) is 3. The molecule has 0 spiro atoms. The van der Waals surface area contributed by atoms with Crippen molar-refractivity contribution in [3.63, 3.8) is 0 Å². The number of benzene rings is 2. The quantitative estimate of drug-likeness (QED) is 0.787. The van der Waals surface area contributed by atoms with Crippen molar-refractivity contribution in [2.45, 2.75) is 18.0 Å². The molecule has 0 aromatic heterocycles. The zero-order valence-corrected chi connectivity index (χ0v) is 12.9. The van der Waals surface area contributed by atoms with E-state index in [1.54, 1.807) is 18.2 Å². The molecule has 0 bridgehead atoms. The van der Waals surface area contributed by atoms with Crippen molar-refractivity contribution in [1.82, 2.24) is 0 Å². The highest BCUT2D eigenvalue weighted by Gasteiger charge is 2.12. The van der Waals surface area contributed by atoms with Gasteiger partial charge in [-0.15, -0.1) is 0 Å². The highest BCUT2D eigenvalue weighted by atomic mass is 79.9. The molecule has 1 atom stereocenters. The topological polar surface area (TPSA) is 72.6 Å². The predicted octanol–water partition coefficient (Wildman–Crippen LogP) is 2.62. The van der Waals surface area contributed by atoms with Crippen LogP contribution in [0.25, 0.3) is 0 Å². The number of nitrogens with two attached hydrogens (primary N) is 1. The standard InChI is InChI=1S/C16H16BrNO3/c17-15(19)9-12-6-7-14(13(8-12)16(18)20)21-10-11-4-2-1-3-5-11/h1-8,15,19H,9-10H2,(H2,18,20). The lowest BCUT2D eigenvalue weighted by Crippen LogP contribution is -2.14. The number of alkyl halides is 1. The fourth-order valence-electron chi connectivity index (χ4n) is 1.95. The molecular weight excluding hydrogens is 334 g/mol. The van der Waals surface area contributed by atoms with Crippen LogP contribution in [-0.2, 0) is 13.0 Å². The summed E-state index contributed by atoms with van der Waals surface area (Å²) in [5, 5.41) is 8.67. The molecule has 2 rings (SSSR count). The number of rotatable bonds is 6. The van der Waals surface area contributed by atoms with E-state index in [4.69, 9.17) is 10.5 Å². The molecule has 2 aromatic rings. The van der Waals surface area contributed by atoms with Crippen LogP contribution in [0.4, 0.5) is 0 Å². The predicted molar refractivity (Wildman–Crippen MR) is 84.4 cm³/mol. The minimum absolute atomic E-state index is 0.316. The summed E-state index contributed by atoms with van der Waals surface area (Å²) in [6, 6.07) is 14.8. The third-order valence-electron chi connectivity index (χ3n) is 2.95. The summed E-state index contributed by atoms with van der Waals surface area (Å²) in [7, 11) is 0. The number of carbonyl (C=O) groups excluding carboxylic acids is 1. The van der Waals surface area contributed by atoms with Gasteiger partial charge in [-0.1, -0.05) is 52.3 Å². The van der Waals surface area contributed by atoms with Crippen molar-refractivity contribution in [1.29, 1.82) is 0 Å². The Morgan fingerprint density at radius 3 is 2.52 bits per heavy atom. The van der Waals surface area contributed by atoms with Gasteiger partial charge in [0, 0.05) is 6.42 Å². The van der Waals surface area contributed by atoms with Crippen LogP contribution in [0.3, 0.4) is 0 Å². The second-order valence-corrected chi connectivity index (χ2v) is 5.66. The van der Waals surface area contributed by atoms with E-state index >= 15 is 0 Å². The van der Waals surface area contributed by atoms with Crippen molar-refractivity contribution in [2.75, 3.05) is 0 Å². The Kier molecular flexibility index (Phi) is 5.36. The van der Waals surface area contributed by atoms with E-state index in [-0.39, 0.29) is 0 Å². The first kappa shape index (κ1) is 15.5. The summed E-state index contributed by atoms with van der Waals surface area (Å²) < 4.78 is 5.67. The smallest absolute Gasteiger partial charge is 0.252 e. The molecule has 2 aromatic carbocycles. The van der Waals surface area contributed by atoms with Crippen LogP contribution in [0.1, 0.15) is 21.5 Å². The molecule has 3 N–H and O–H groups in total. The van der Waals surface area contributed by atoms with Crippen LogP contribution in [0, 0.1) is 0 Å².